The van der Waals surface area contributed by atoms with Crippen molar-refractivity contribution in [3.8, 4) is 5.75 Å². The average Bonchev–Trinajstić information content (AvgIpc) is 2.67. The van der Waals surface area contributed by atoms with Gasteiger partial charge >= 0.3 is 0 Å². The molecule has 2 fully saturated rings. The van der Waals surface area contributed by atoms with Gasteiger partial charge in [0.2, 0.25) is 5.91 Å². The third kappa shape index (κ3) is 4.12. The molecule has 6 nitrogen and oxygen atoms in total. The summed E-state index contributed by atoms with van der Waals surface area (Å²) < 4.78 is 5.19. The molecule has 2 amide bonds. The number of ether oxygens (including phenoxy) is 1. The first kappa shape index (κ1) is 17.7. The molecule has 0 aromatic heterocycles. The van der Waals surface area contributed by atoms with Gasteiger partial charge in [-0.1, -0.05) is 6.07 Å². The topological polar surface area (TPSA) is 53.1 Å². The number of carbonyl (C=O) groups is 2. The van der Waals surface area contributed by atoms with Gasteiger partial charge in [0.15, 0.2) is 0 Å². The van der Waals surface area contributed by atoms with Crippen LogP contribution in [-0.2, 0) is 4.79 Å². The Bertz CT molecular complexity index is 618. The van der Waals surface area contributed by atoms with Crippen LogP contribution in [0.1, 0.15) is 23.2 Å². The molecule has 2 aliphatic rings. The minimum Gasteiger partial charge on any atom is -0.497 e. The molecule has 2 aliphatic heterocycles. The molecular weight excluding hydrogens is 318 g/mol. The maximum absolute atomic E-state index is 12.7. The molecule has 1 aromatic rings. The van der Waals surface area contributed by atoms with Crippen LogP contribution in [0.5, 0.6) is 5.75 Å². The third-order valence-corrected chi connectivity index (χ3v) is 5.26. The Hall–Kier alpha value is -2.08. The lowest BCUT2D eigenvalue weighted by Crippen LogP contribution is -2.51. The standard InChI is InChI=1S/C19H27N3O3/c1-20-10-12-22(13-11-20)18(23)15-6-8-21(9-7-15)19(24)16-4-3-5-17(14-16)25-2/h3-5,14-15H,6-13H2,1-2H3. The van der Waals surface area contributed by atoms with Crippen molar-refractivity contribution in [2.24, 2.45) is 5.92 Å². The Kier molecular flexibility index (Phi) is 5.58. The van der Waals surface area contributed by atoms with Gasteiger partial charge in [0.1, 0.15) is 5.75 Å². The number of nitrogens with zero attached hydrogens (tertiary/aromatic N) is 3. The van der Waals surface area contributed by atoms with Gasteiger partial charge in [-0.05, 0) is 38.1 Å². The first-order chi connectivity index (χ1) is 12.1. The zero-order valence-electron chi connectivity index (χ0n) is 15.1. The van der Waals surface area contributed by atoms with Crippen LogP contribution in [0.25, 0.3) is 0 Å². The van der Waals surface area contributed by atoms with Crippen molar-refractivity contribution in [1.82, 2.24) is 14.7 Å². The number of benzene rings is 1. The molecule has 3 rings (SSSR count). The highest BCUT2D eigenvalue weighted by molar-refractivity contribution is 5.94. The summed E-state index contributed by atoms with van der Waals surface area (Å²) >= 11 is 0. The molecule has 0 unspecified atom stereocenters. The van der Waals surface area contributed by atoms with Gasteiger partial charge in [-0.15, -0.1) is 0 Å². The van der Waals surface area contributed by atoms with Crippen LogP contribution in [0.15, 0.2) is 24.3 Å². The van der Waals surface area contributed by atoms with Crippen molar-refractivity contribution >= 4 is 11.8 Å². The zero-order valence-corrected chi connectivity index (χ0v) is 15.1. The average molecular weight is 345 g/mol. The van der Waals surface area contributed by atoms with Crippen LogP contribution in [0, 0.1) is 5.92 Å². The second-order valence-electron chi connectivity index (χ2n) is 6.93. The Morgan fingerprint density at radius 1 is 1.00 bits per heavy atom. The van der Waals surface area contributed by atoms with Crippen LogP contribution < -0.4 is 4.74 Å². The minimum atomic E-state index is 0.0180. The van der Waals surface area contributed by atoms with E-state index in [9.17, 15) is 9.59 Å². The number of hydrogen-bond donors (Lipinski definition) is 0. The normalized spacial score (nSPS) is 19.8. The van der Waals surface area contributed by atoms with Crippen LogP contribution in [0.4, 0.5) is 0 Å². The van der Waals surface area contributed by atoms with Crippen LogP contribution in [0.2, 0.25) is 0 Å². The van der Waals surface area contributed by atoms with E-state index in [0.717, 1.165) is 39.0 Å². The second kappa shape index (κ2) is 7.87. The van der Waals surface area contributed by atoms with Gasteiger partial charge in [0.25, 0.3) is 5.91 Å². The van der Waals surface area contributed by atoms with E-state index in [0.29, 0.717) is 24.4 Å². The van der Waals surface area contributed by atoms with Gasteiger partial charge in [-0.25, -0.2) is 0 Å². The highest BCUT2D eigenvalue weighted by Crippen LogP contribution is 2.23. The zero-order chi connectivity index (χ0) is 17.8. The lowest BCUT2D eigenvalue weighted by atomic mass is 9.94. The van der Waals surface area contributed by atoms with Crippen LogP contribution >= 0.6 is 0 Å². The Morgan fingerprint density at radius 3 is 2.32 bits per heavy atom. The fourth-order valence-electron chi connectivity index (χ4n) is 3.55. The molecule has 0 spiro atoms. The lowest BCUT2D eigenvalue weighted by molar-refractivity contribution is -0.138. The Balaban J connectivity index is 1.54. The fraction of sp³-hybridized carbons (Fsp3) is 0.579. The molecule has 0 radical (unpaired) electrons. The molecule has 2 heterocycles. The number of likely N-dealkylation sites (N-methyl/N-ethyl adjacent to an activating group) is 1. The largest absolute Gasteiger partial charge is 0.497 e. The van der Waals surface area contributed by atoms with Gasteiger partial charge < -0.3 is 19.4 Å². The summed E-state index contributed by atoms with van der Waals surface area (Å²) in [5, 5.41) is 0. The summed E-state index contributed by atoms with van der Waals surface area (Å²) in [5.74, 6) is 1.02. The van der Waals surface area contributed by atoms with Gasteiger partial charge in [0.05, 0.1) is 7.11 Å². The molecule has 0 N–H and O–H groups in total. The smallest absolute Gasteiger partial charge is 0.253 e. The molecule has 0 aliphatic carbocycles. The molecule has 136 valence electrons. The number of amides is 2. The summed E-state index contributed by atoms with van der Waals surface area (Å²) in [7, 11) is 3.68. The molecule has 2 saturated heterocycles. The number of rotatable bonds is 3. The van der Waals surface area contributed by atoms with Crippen molar-refractivity contribution < 1.29 is 14.3 Å². The maximum atomic E-state index is 12.7. The Morgan fingerprint density at radius 2 is 1.68 bits per heavy atom. The number of hydrogen-bond acceptors (Lipinski definition) is 4. The summed E-state index contributed by atoms with van der Waals surface area (Å²) in [5.41, 5.74) is 0.642. The number of likely N-dealkylation sites (tertiary alicyclic amines) is 1. The van der Waals surface area contributed by atoms with Gasteiger partial charge in [-0.3, -0.25) is 9.59 Å². The third-order valence-electron chi connectivity index (χ3n) is 5.26. The summed E-state index contributed by atoms with van der Waals surface area (Å²) in [6, 6.07) is 7.24. The highest BCUT2D eigenvalue weighted by atomic mass is 16.5. The first-order valence-corrected chi connectivity index (χ1v) is 8.99. The molecule has 0 bridgehead atoms. The van der Waals surface area contributed by atoms with E-state index >= 15 is 0 Å². The quantitative estimate of drug-likeness (QED) is 0.829. The van der Waals surface area contributed by atoms with Crippen molar-refractivity contribution in [2.45, 2.75) is 12.8 Å². The van der Waals surface area contributed by atoms with E-state index in [-0.39, 0.29) is 17.7 Å². The van der Waals surface area contributed by atoms with E-state index in [1.54, 1.807) is 13.2 Å². The maximum Gasteiger partial charge on any atom is 0.253 e. The molecule has 0 atom stereocenters. The van der Waals surface area contributed by atoms with Crippen molar-refractivity contribution in [3.63, 3.8) is 0 Å². The Labute approximate surface area is 149 Å². The van der Waals surface area contributed by atoms with Crippen molar-refractivity contribution in [1.29, 1.82) is 0 Å². The number of piperidine rings is 1. The van der Waals surface area contributed by atoms with Crippen LogP contribution in [0.3, 0.4) is 0 Å². The molecule has 0 saturated carbocycles. The SMILES string of the molecule is COc1cccc(C(=O)N2CCC(C(=O)N3CCN(C)CC3)CC2)c1. The minimum absolute atomic E-state index is 0.0180. The number of piperazine rings is 1. The predicted octanol–water partition coefficient (Wildman–Crippen LogP) is 1.32. The molecule has 6 heteroatoms. The summed E-state index contributed by atoms with van der Waals surface area (Å²) in [6.07, 6.45) is 1.50. The molecule has 25 heavy (non-hydrogen) atoms. The van der Waals surface area contributed by atoms with E-state index in [1.807, 2.05) is 28.0 Å². The van der Waals surface area contributed by atoms with E-state index < -0.39 is 0 Å². The summed E-state index contributed by atoms with van der Waals surface area (Å²) in [4.78, 5) is 31.4. The van der Waals surface area contributed by atoms with Crippen molar-refractivity contribution in [2.75, 3.05) is 53.4 Å². The van der Waals surface area contributed by atoms with E-state index in [2.05, 4.69) is 11.9 Å². The second-order valence-corrected chi connectivity index (χ2v) is 6.93. The van der Waals surface area contributed by atoms with Gasteiger partial charge in [-0.2, -0.15) is 0 Å². The molecule has 1 aromatic carbocycles. The van der Waals surface area contributed by atoms with Crippen LogP contribution in [-0.4, -0.2) is 79.9 Å². The predicted molar refractivity (Wildman–Crippen MR) is 95.7 cm³/mol. The summed E-state index contributed by atoms with van der Waals surface area (Å²) in [6.45, 7) is 4.80. The highest BCUT2D eigenvalue weighted by Gasteiger charge is 2.31. The van der Waals surface area contributed by atoms with Gasteiger partial charge in [0, 0.05) is 50.7 Å². The molecular formula is C19H27N3O3. The van der Waals surface area contributed by atoms with Crippen molar-refractivity contribution in [3.05, 3.63) is 29.8 Å². The fourth-order valence-corrected chi connectivity index (χ4v) is 3.55. The lowest BCUT2D eigenvalue weighted by Gasteiger charge is -2.37. The van der Waals surface area contributed by atoms with E-state index in [4.69, 9.17) is 4.74 Å². The first-order valence-electron chi connectivity index (χ1n) is 8.99. The number of carbonyl (C=O) groups excluding carboxylic acids is 2. The van der Waals surface area contributed by atoms with E-state index in [1.165, 1.54) is 0 Å². The number of methoxy groups -OCH3 is 1. The monoisotopic (exact) mass is 345 g/mol.